The lowest BCUT2D eigenvalue weighted by molar-refractivity contribution is -0.121. The second-order valence-corrected chi connectivity index (χ2v) is 8.25. The molecule has 0 aliphatic carbocycles. The first-order chi connectivity index (χ1) is 17.1. The van der Waals surface area contributed by atoms with E-state index in [2.05, 4.69) is 26.9 Å². The number of likely N-dealkylation sites (tertiary alicyclic amines) is 1. The van der Waals surface area contributed by atoms with Crippen LogP contribution < -0.4 is 19.5 Å². The van der Waals surface area contributed by atoms with E-state index in [1.807, 2.05) is 42.5 Å². The third kappa shape index (κ3) is 6.19. The van der Waals surface area contributed by atoms with Gasteiger partial charge in [-0.05, 0) is 56.3 Å². The van der Waals surface area contributed by atoms with Gasteiger partial charge in [-0.25, -0.2) is 0 Å². The summed E-state index contributed by atoms with van der Waals surface area (Å²) < 4.78 is 21.6. The fraction of sp³-hybridized carbons (Fsp3) is 0.346. The lowest BCUT2D eigenvalue weighted by atomic mass is 9.96. The van der Waals surface area contributed by atoms with Gasteiger partial charge >= 0.3 is 0 Å². The number of ether oxygens (including phenoxy) is 3. The van der Waals surface area contributed by atoms with Crippen molar-refractivity contribution in [3.05, 3.63) is 61.0 Å². The minimum absolute atomic E-state index is 0.0269. The summed E-state index contributed by atoms with van der Waals surface area (Å²) in [4.78, 5) is 19.5. The van der Waals surface area contributed by atoms with Crippen LogP contribution in [0, 0.1) is 5.92 Å². The molecule has 35 heavy (non-hydrogen) atoms. The normalized spacial score (nSPS) is 14.3. The molecule has 1 aliphatic rings. The quantitative estimate of drug-likeness (QED) is 0.434. The first-order valence-electron chi connectivity index (χ1n) is 11.5. The van der Waals surface area contributed by atoms with Gasteiger partial charge in [0.25, 0.3) is 0 Å². The van der Waals surface area contributed by atoms with Crippen LogP contribution in [0.2, 0.25) is 0 Å². The topological polar surface area (TPSA) is 99.0 Å². The molecule has 9 heteroatoms. The Bertz CT molecular complexity index is 1150. The van der Waals surface area contributed by atoms with Crippen LogP contribution in [0.25, 0.3) is 11.4 Å². The highest BCUT2D eigenvalue weighted by molar-refractivity contribution is 5.92. The van der Waals surface area contributed by atoms with Crippen molar-refractivity contribution in [1.29, 1.82) is 0 Å². The summed E-state index contributed by atoms with van der Waals surface area (Å²) in [7, 11) is 3.18. The molecule has 1 fully saturated rings. The first kappa shape index (κ1) is 24.3. The van der Waals surface area contributed by atoms with Crippen LogP contribution >= 0.6 is 0 Å². The Labute approximate surface area is 204 Å². The minimum atomic E-state index is -0.0472. The molecule has 1 aromatic heterocycles. The van der Waals surface area contributed by atoms with E-state index in [9.17, 15) is 4.79 Å². The van der Waals surface area contributed by atoms with Gasteiger partial charge in [-0.15, -0.1) is 0 Å². The van der Waals surface area contributed by atoms with Crippen molar-refractivity contribution < 1.29 is 23.5 Å². The number of anilines is 1. The number of hydrogen-bond acceptors (Lipinski definition) is 8. The first-order valence-corrected chi connectivity index (χ1v) is 11.5. The van der Waals surface area contributed by atoms with Gasteiger partial charge in [0.05, 0.1) is 20.8 Å². The number of carbonyl (C=O) groups excluding carboxylic acids is 1. The van der Waals surface area contributed by atoms with E-state index in [1.165, 1.54) is 0 Å². The Balaban J connectivity index is 1.29. The third-order valence-corrected chi connectivity index (χ3v) is 5.90. The molecule has 1 aliphatic heterocycles. The van der Waals surface area contributed by atoms with Crippen molar-refractivity contribution in [2.24, 2.45) is 5.92 Å². The number of hydrogen-bond donors (Lipinski definition) is 1. The highest BCUT2D eigenvalue weighted by Crippen LogP contribution is 2.31. The molecule has 0 atom stereocenters. The summed E-state index contributed by atoms with van der Waals surface area (Å²) in [5, 5.41) is 7.12. The number of aromatic nitrogens is 2. The van der Waals surface area contributed by atoms with Crippen molar-refractivity contribution in [3.63, 3.8) is 0 Å². The summed E-state index contributed by atoms with van der Waals surface area (Å²) >= 11 is 0. The van der Waals surface area contributed by atoms with E-state index in [0.29, 0.717) is 42.1 Å². The van der Waals surface area contributed by atoms with E-state index in [4.69, 9.17) is 18.7 Å². The van der Waals surface area contributed by atoms with Gasteiger partial charge in [0, 0.05) is 23.2 Å². The van der Waals surface area contributed by atoms with E-state index in [1.54, 1.807) is 20.3 Å². The lowest BCUT2D eigenvalue weighted by Gasteiger charge is -2.30. The van der Waals surface area contributed by atoms with Crippen LogP contribution in [-0.2, 0) is 11.3 Å². The molecule has 184 valence electrons. The molecular weight excluding hydrogens is 448 g/mol. The van der Waals surface area contributed by atoms with Crippen LogP contribution in [0.1, 0.15) is 18.7 Å². The van der Waals surface area contributed by atoms with Crippen LogP contribution in [0.5, 0.6) is 17.2 Å². The summed E-state index contributed by atoms with van der Waals surface area (Å²) in [5.41, 5.74) is 1.51. The number of amides is 1. The van der Waals surface area contributed by atoms with Crippen molar-refractivity contribution >= 4 is 11.6 Å². The van der Waals surface area contributed by atoms with E-state index < -0.39 is 0 Å². The minimum Gasteiger partial charge on any atom is -0.493 e. The Morgan fingerprint density at radius 2 is 1.97 bits per heavy atom. The van der Waals surface area contributed by atoms with Crippen LogP contribution in [0.3, 0.4) is 0 Å². The zero-order valence-electron chi connectivity index (χ0n) is 20.0. The molecule has 1 amide bonds. The van der Waals surface area contributed by atoms with E-state index >= 15 is 0 Å². The Kier molecular flexibility index (Phi) is 7.99. The molecule has 0 radical (unpaired) electrons. The molecule has 3 aromatic rings. The van der Waals surface area contributed by atoms with Crippen LogP contribution in [0.4, 0.5) is 5.69 Å². The number of nitrogens with one attached hydrogen (secondary N) is 1. The van der Waals surface area contributed by atoms with Gasteiger partial charge in [-0.1, -0.05) is 23.9 Å². The highest BCUT2D eigenvalue weighted by atomic mass is 16.5. The maximum Gasteiger partial charge on any atom is 0.241 e. The Morgan fingerprint density at radius 3 is 2.71 bits per heavy atom. The number of rotatable bonds is 10. The van der Waals surface area contributed by atoms with Crippen molar-refractivity contribution in [3.8, 4) is 28.6 Å². The van der Waals surface area contributed by atoms with Gasteiger partial charge in [-0.3, -0.25) is 9.69 Å². The van der Waals surface area contributed by atoms with Gasteiger partial charge < -0.3 is 24.1 Å². The predicted octanol–water partition coefficient (Wildman–Crippen LogP) is 4.17. The molecule has 1 saturated heterocycles. The molecule has 0 saturated carbocycles. The van der Waals surface area contributed by atoms with Gasteiger partial charge in [0.15, 0.2) is 11.5 Å². The standard InChI is InChI=1S/C26H30N4O5/c1-4-14-34-21-7-5-6-20(16-21)27-26(31)18-10-12-30(13-11-18)17-24-28-25(29-35-24)19-8-9-22(32-2)23(15-19)33-3/h4-9,15-16,18H,1,10-14,17H2,2-3H3,(H,27,31). The summed E-state index contributed by atoms with van der Waals surface area (Å²) in [6.45, 7) is 6.15. The fourth-order valence-corrected chi connectivity index (χ4v) is 4.02. The lowest BCUT2D eigenvalue weighted by Crippen LogP contribution is -2.37. The average molecular weight is 479 g/mol. The fourth-order valence-electron chi connectivity index (χ4n) is 4.02. The molecule has 0 bridgehead atoms. The predicted molar refractivity (Wildman–Crippen MR) is 132 cm³/mol. The summed E-state index contributed by atoms with van der Waals surface area (Å²) in [5.74, 6) is 2.95. The smallest absolute Gasteiger partial charge is 0.241 e. The second-order valence-electron chi connectivity index (χ2n) is 8.25. The van der Waals surface area contributed by atoms with Crippen molar-refractivity contribution in [2.75, 3.05) is 39.2 Å². The molecule has 1 N–H and O–H groups in total. The maximum absolute atomic E-state index is 12.8. The number of nitrogens with zero attached hydrogens (tertiary/aromatic N) is 3. The number of benzene rings is 2. The van der Waals surface area contributed by atoms with E-state index in [0.717, 1.165) is 37.2 Å². The van der Waals surface area contributed by atoms with Gasteiger partial charge in [0.2, 0.25) is 17.6 Å². The number of carbonyl (C=O) groups is 1. The Morgan fingerprint density at radius 1 is 1.17 bits per heavy atom. The average Bonchev–Trinajstić information content (AvgIpc) is 3.36. The molecule has 9 nitrogen and oxygen atoms in total. The van der Waals surface area contributed by atoms with Gasteiger partial charge in [0.1, 0.15) is 12.4 Å². The zero-order chi connectivity index (χ0) is 24.6. The van der Waals surface area contributed by atoms with Crippen LogP contribution in [0.15, 0.2) is 59.6 Å². The van der Waals surface area contributed by atoms with Gasteiger partial charge in [-0.2, -0.15) is 4.98 Å². The molecule has 2 aromatic carbocycles. The molecule has 4 rings (SSSR count). The Hall–Kier alpha value is -3.85. The SMILES string of the molecule is C=CCOc1cccc(NC(=O)C2CCN(Cc3nc(-c4ccc(OC)c(OC)c4)no3)CC2)c1. The monoisotopic (exact) mass is 478 g/mol. The van der Waals surface area contributed by atoms with Crippen molar-refractivity contribution in [1.82, 2.24) is 15.0 Å². The molecule has 2 heterocycles. The largest absolute Gasteiger partial charge is 0.493 e. The number of piperidine rings is 1. The number of methoxy groups -OCH3 is 2. The molecule has 0 spiro atoms. The highest BCUT2D eigenvalue weighted by Gasteiger charge is 2.26. The third-order valence-electron chi connectivity index (χ3n) is 5.90. The van der Waals surface area contributed by atoms with Crippen molar-refractivity contribution in [2.45, 2.75) is 19.4 Å². The summed E-state index contributed by atoms with van der Waals surface area (Å²) in [6.07, 6.45) is 3.20. The zero-order valence-corrected chi connectivity index (χ0v) is 20.0. The summed E-state index contributed by atoms with van der Waals surface area (Å²) in [6, 6.07) is 12.9. The maximum atomic E-state index is 12.8. The second kappa shape index (κ2) is 11.5. The van der Waals surface area contributed by atoms with E-state index in [-0.39, 0.29) is 11.8 Å². The molecular formula is C26H30N4O5. The molecule has 0 unspecified atom stereocenters. The van der Waals surface area contributed by atoms with Crippen LogP contribution in [-0.4, -0.2) is 54.9 Å².